The van der Waals surface area contributed by atoms with Gasteiger partial charge in [-0.1, -0.05) is 36.4 Å². The minimum Gasteiger partial charge on any atom is -0.321 e. The van der Waals surface area contributed by atoms with Gasteiger partial charge in [0.05, 0.1) is 6.04 Å². The van der Waals surface area contributed by atoms with Crippen LogP contribution in [0, 0.1) is 6.92 Å². The number of nitrogens with two attached hydrogens (primary N) is 1. The lowest BCUT2D eigenvalue weighted by Gasteiger charge is -2.13. The Hall–Kier alpha value is -1.08. The quantitative estimate of drug-likeness (QED) is 0.663. The molecule has 1 rings (SSSR count). The maximum Gasteiger partial charge on any atom is 0.0508 e. The van der Waals surface area contributed by atoms with E-state index < -0.39 is 0 Å². The molecule has 12 heavy (non-hydrogen) atoms. The summed E-state index contributed by atoms with van der Waals surface area (Å²) in [5.74, 6) is 0. The lowest BCUT2D eigenvalue weighted by Crippen LogP contribution is -2.12. The second-order valence-electron chi connectivity index (χ2n) is 3.18. The molecule has 1 aromatic rings. The molecule has 1 aromatic carbocycles. The first kappa shape index (κ1) is 9.01. The Morgan fingerprint density at radius 3 is 2.50 bits per heavy atom. The summed E-state index contributed by atoms with van der Waals surface area (Å²) in [4.78, 5) is 0. The van der Waals surface area contributed by atoms with Crippen molar-refractivity contribution >= 4 is 0 Å². The second-order valence-corrected chi connectivity index (χ2v) is 3.18. The summed E-state index contributed by atoms with van der Waals surface area (Å²) in [7, 11) is 0. The van der Waals surface area contributed by atoms with E-state index >= 15 is 0 Å². The van der Waals surface area contributed by atoms with E-state index in [9.17, 15) is 0 Å². The van der Waals surface area contributed by atoms with Gasteiger partial charge in [-0.2, -0.15) is 0 Å². The van der Waals surface area contributed by atoms with Gasteiger partial charge in [0.1, 0.15) is 0 Å². The first-order valence-corrected chi connectivity index (χ1v) is 4.09. The zero-order chi connectivity index (χ0) is 9.14. The Balaban J connectivity index is 3.02. The zero-order valence-corrected chi connectivity index (χ0v) is 7.67. The highest BCUT2D eigenvalue weighted by Gasteiger charge is 2.07. The molecule has 2 N–H and O–H groups in total. The van der Waals surface area contributed by atoms with Crippen LogP contribution < -0.4 is 5.73 Å². The van der Waals surface area contributed by atoms with Crippen LogP contribution in [0.3, 0.4) is 0 Å². The van der Waals surface area contributed by atoms with Gasteiger partial charge in [-0.15, -0.1) is 0 Å². The molecule has 1 unspecified atom stereocenters. The SMILES string of the molecule is C=C(C)C(N)c1ccccc1C. The Labute approximate surface area is 73.9 Å². The highest BCUT2D eigenvalue weighted by atomic mass is 14.6. The molecule has 0 spiro atoms. The van der Waals surface area contributed by atoms with Crippen LogP contribution in [0.15, 0.2) is 36.4 Å². The number of hydrogen-bond acceptors (Lipinski definition) is 1. The third kappa shape index (κ3) is 1.74. The topological polar surface area (TPSA) is 26.0 Å². The van der Waals surface area contributed by atoms with Crippen LogP contribution in [-0.2, 0) is 0 Å². The van der Waals surface area contributed by atoms with E-state index in [0.29, 0.717) is 0 Å². The van der Waals surface area contributed by atoms with Crippen molar-refractivity contribution in [2.75, 3.05) is 0 Å². The van der Waals surface area contributed by atoms with E-state index in [4.69, 9.17) is 5.73 Å². The predicted octanol–water partition coefficient (Wildman–Crippen LogP) is 2.57. The van der Waals surface area contributed by atoms with Crippen LogP contribution in [-0.4, -0.2) is 0 Å². The average Bonchev–Trinajstić information content (AvgIpc) is 2.04. The monoisotopic (exact) mass is 161 g/mol. The average molecular weight is 161 g/mol. The Morgan fingerprint density at radius 1 is 1.42 bits per heavy atom. The van der Waals surface area contributed by atoms with E-state index in [1.165, 1.54) is 11.1 Å². The van der Waals surface area contributed by atoms with Crippen molar-refractivity contribution in [2.24, 2.45) is 5.73 Å². The largest absolute Gasteiger partial charge is 0.321 e. The van der Waals surface area contributed by atoms with Gasteiger partial charge in [-0.05, 0) is 25.0 Å². The molecule has 0 saturated carbocycles. The van der Waals surface area contributed by atoms with E-state index in [1.807, 2.05) is 19.1 Å². The van der Waals surface area contributed by atoms with Gasteiger partial charge in [0, 0.05) is 0 Å². The second kappa shape index (κ2) is 3.55. The van der Waals surface area contributed by atoms with Gasteiger partial charge in [0.2, 0.25) is 0 Å². The van der Waals surface area contributed by atoms with Crippen molar-refractivity contribution in [1.82, 2.24) is 0 Å². The fourth-order valence-electron chi connectivity index (χ4n) is 1.20. The molecule has 0 aliphatic carbocycles. The Morgan fingerprint density at radius 2 is 2.00 bits per heavy atom. The normalized spacial score (nSPS) is 12.6. The van der Waals surface area contributed by atoms with Gasteiger partial charge < -0.3 is 5.73 Å². The Bertz CT molecular complexity index is 289. The smallest absolute Gasteiger partial charge is 0.0508 e. The van der Waals surface area contributed by atoms with E-state index in [0.717, 1.165) is 5.57 Å². The van der Waals surface area contributed by atoms with Gasteiger partial charge in [0.25, 0.3) is 0 Å². The molecule has 0 aromatic heterocycles. The molecular formula is C11H15N. The number of rotatable bonds is 2. The molecule has 0 radical (unpaired) electrons. The van der Waals surface area contributed by atoms with Crippen molar-refractivity contribution < 1.29 is 0 Å². The third-order valence-electron chi connectivity index (χ3n) is 2.05. The third-order valence-corrected chi connectivity index (χ3v) is 2.05. The fraction of sp³-hybridized carbons (Fsp3) is 0.273. The van der Waals surface area contributed by atoms with E-state index in [2.05, 4.69) is 25.6 Å². The van der Waals surface area contributed by atoms with Crippen LogP contribution in [0.1, 0.15) is 24.1 Å². The minimum atomic E-state index is -0.0220. The standard InChI is InChI=1S/C11H15N/c1-8(2)11(12)10-7-5-4-6-9(10)3/h4-7,11H,1,12H2,2-3H3. The number of aryl methyl sites for hydroxylation is 1. The minimum absolute atomic E-state index is 0.0220. The first-order chi connectivity index (χ1) is 5.63. The highest BCUT2D eigenvalue weighted by Crippen LogP contribution is 2.19. The van der Waals surface area contributed by atoms with Crippen molar-refractivity contribution in [3.05, 3.63) is 47.5 Å². The predicted molar refractivity (Wildman–Crippen MR) is 52.9 cm³/mol. The van der Waals surface area contributed by atoms with Crippen LogP contribution in [0.5, 0.6) is 0 Å². The molecular weight excluding hydrogens is 146 g/mol. The van der Waals surface area contributed by atoms with Crippen molar-refractivity contribution in [1.29, 1.82) is 0 Å². The lowest BCUT2D eigenvalue weighted by atomic mass is 9.98. The molecule has 0 bridgehead atoms. The van der Waals surface area contributed by atoms with Crippen LogP contribution in [0.4, 0.5) is 0 Å². The molecule has 0 saturated heterocycles. The molecule has 0 amide bonds. The van der Waals surface area contributed by atoms with Crippen molar-refractivity contribution in [3.8, 4) is 0 Å². The maximum atomic E-state index is 5.94. The Kier molecular flexibility index (Phi) is 2.66. The molecule has 64 valence electrons. The molecule has 0 fully saturated rings. The van der Waals surface area contributed by atoms with Crippen molar-refractivity contribution in [3.63, 3.8) is 0 Å². The van der Waals surface area contributed by atoms with Gasteiger partial charge in [0.15, 0.2) is 0 Å². The first-order valence-electron chi connectivity index (χ1n) is 4.09. The highest BCUT2D eigenvalue weighted by molar-refractivity contribution is 5.32. The molecule has 1 heteroatoms. The molecule has 1 atom stereocenters. The molecule has 1 nitrogen and oxygen atoms in total. The summed E-state index contributed by atoms with van der Waals surface area (Å²) < 4.78 is 0. The number of benzene rings is 1. The molecule has 0 heterocycles. The summed E-state index contributed by atoms with van der Waals surface area (Å²) in [6.07, 6.45) is 0. The number of hydrogen-bond donors (Lipinski definition) is 1. The molecule has 0 aliphatic heterocycles. The summed E-state index contributed by atoms with van der Waals surface area (Å²) >= 11 is 0. The lowest BCUT2D eigenvalue weighted by molar-refractivity contribution is 0.842. The summed E-state index contributed by atoms with van der Waals surface area (Å²) in [5, 5.41) is 0. The maximum absolute atomic E-state index is 5.94. The van der Waals surface area contributed by atoms with Crippen molar-refractivity contribution in [2.45, 2.75) is 19.9 Å². The summed E-state index contributed by atoms with van der Waals surface area (Å²) in [5.41, 5.74) is 9.34. The van der Waals surface area contributed by atoms with Crippen LogP contribution in [0.25, 0.3) is 0 Å². The molecule has 0 aliphatic rings. The van der Waals surface area contributed by atoms with Gasteiger partial charge in [-0.25, -0.2) is 0 Å². The fourth-order valence-corrected chi connectivity index (χ4v) is 1.20. The zero-order valence-electron chi connectivity index (χ0n) is 7.67. The van der Waals surface area contributed by atoms with Crippen LogP contribution in [0.2, 0.25) is 0 Å². The van der Waals surface area contributed by atoms with E-state index in [-0.39, 0.29) is 6.04 Å². The van der Waals surface area contributed by atoms with E-state index in [1.54, 1.807) is 0 Å². The van der Waals surface area contributed by atoms with Gasteiger partial charge in [-0.3, -0.25) is 0 Å². The summed E-state index contributed by atoms with van der Waals surface area (Å²) in [6, 6.07) is 8.12. The van der Waals surface area contributed by atoms with Crippen LogP contribution >= 0.6 is 0 Å². The van der Waals surface area contributed by atoms with Gasteiger partial charge >= 0.3 is 0 Å². The summed E-state index contributed by atoms with van der Waals surface area (Å²) in [6.45, 7) is 7.87.